The molecule has 0 atom stereocenters. The van der Waals surface area contributed by atoms with Gasteiger partial charge in [0.25, 0.3) is 0 Å². The van der Waals surface area contributed by atoms with E-state index in [9.17, 15) is 4.79 Å². The van der Waals surface area contributed by atoms with Crippen LogP contribution < -0.4 is 5.32 Å². The zero-order chi connectivity index (χ0) is 12.4. The molecule has 1 aromatic carbocycles. The second-order valence-electron chi connectivity index (χ2n) is 4.95. The lowest BCUT2D eigenvalue weighted by Gasteiger charge is -2.19. The number of carbonyl (C=O) groups is 1. The Bertz CT molecular complexity index is 451. The minimum Gasteiger partial charge on any atom is -0.457 e. The van der Waals surface area contributed by atoms with Crippen LogP contribution in [0, 0.1) is 0 Å². The molecule has 0 aliphatic carbocycles. The fraction of sp³-hybridized carbons (Fsp3) is 0.500. The van der Waals surface area contributed by atoms with Crippen molar-refractivity contribution in [2.24, 2.45) is 0 Å². The maximum atomic E-state index is 11.4. The van der Waals surface area contributed by atoms with Gasteiger partial charge in [0.1, 0.15) is 6.61 Å². The van der Waals surface area contributed by atoms with E-state index in [1.54, 1.807) is 0 Å². The largest absolute Gasteiger partial charge is 0.457 e. The highest BCUT2D eigenvalue weighted by molar-refractivity contribution is 5.93. The molecule has 1 fully saturated rings. The highest BCUT2D eigenvalue weighted by Gasteiger charge is 2.21. The topological polar surface area (TPSA) is 41.6 Å². The molecule has 1 aromatic rings. The maximum absolute atomic E-state index is 11.4. The average Bonchev–Trinajstić information content (AvgIpc) is 2.60. The van der Waals surface area contributed by atoms with Gasteiger partial charge in [0, 0.05) is 25.2 Å². The fourth-order valence-electron chi connectivity index (χ4n) is 2.60. The summed E-state index contributed by atoms with van der Waals surface area (Å²) in [6.07, 6.45) is 1.20. The molecule has 0 aromatic heterocycles. The highest BCUT2D eigenvalue weighted by Crippen LogP contribution is 2.21. The summed E-state index contributed by atoms with van der Waals surface area (Å²) in [7, 11) is 0. The standard InChI is InChI=1S/C14H18N2O2/c17-14-13-3-2-11(8-12(13)10-18-14)9-16-6-1-4-15-5-7-16/h2-3,8,15H,1,4-7,9-10H2. The third-order valence-corrected chi connectivity index (χ3v) is 3.59. The maximum Gasteiger partial charge on any atom is 0.338 e. The molecule has 2 aliphatic rings. The van der Waals surface area contributed by atoms with Crippen molar-refractivity contribution in [3.63, 3.8) is 0 Å². The first-order valence-electron chi connectivity index (χ1n) is 6.55. The SMILES string of the molecule is O=C1OCc2cc(CN3CCCNCC3)ccc21. The van der Waals surface area contributed by atoms with E-state index < -0.39 is 0 Å². The molecule has 1 saturated heterocycles. The van der Waals surface area contributed by atoms with Crippen LogP contribution in [0.2, 0.25) is 0 Å². The van der Waals surface area contributed by atoms with Gasteiger partial charge in [-0.1, -0.05) is 12.1 Å². The molecule has 96 valence electrons. The Morgan fingerprint density at radius 2 is 2.22 bits per heavy atom. The number of hydrogen-bond donors (Lipinski definition) is 1. The lowest BCUT2D eigenvalue weighted by Crippen LogP contribution is -2.27. The quantitative estimate of drug-likeness (QED) is 0.795. The molecular formula is C14H18N2O2. The Labute approximate surface area is 107 Å². The number of carbonyl (C=O) groups excluding carboxylic acids is 1. The van der Waals surface area contributed by atoms with Gasteiger partial charge in [-0.05, 0) is 31.1 Å². The predicted molar refractivity (Wildman–Crippen MR) is 68.3 cm³/mol. The number of cyclic esters (lactones) is 1. The van der Waals surface area contributed by atoms with Crippen molar-refractivity contribution in [2.45, 2.75) is 19.6 Å². The number of ether oxygens (including phenoxy) is 1. The van der Waals surface area contributed by atoms with E-state index in [4.69, 9.17) is 4.74 Å². The summed E-state index contributed by atoms with van der Waals surface area (Å²) in [6.45, 7) is 5.80. The Morgan fingerprint density at radius 3 is 3.17 bits per heavy atom. The summed E-state index contributed by atoms with van der Waals surface area (Å²) in [5.41, 5.74) is 3.04. The summed E-state index contributed by atoms with van der Waals surface area (Å²) in [4.78, 5) is 13.8. The van der Waals surface area contributed by atoms with Crippen LogP contribution in [0.4, 0.5) is 0 Å². The van der Waals surface area contributed by atoms with Gasteiger partial charge in [-0.25, -0.2) is 4.79 Å². The van der Waals surface area contributed by atoms with Crippen LogP contribution in [0.1, 0.15) is 27.9 Å². The van der Waals surface area contributed by atoms with E-state index in [-0.39, 0.29) is 5.97 Å². The van der Waals surface area contributed by atoms with Gasteiger partial charge < -0.3 is 10.1 Å². The van der Waals surface area contributed by atoms with Crippen LogP contribution in [0.3, 0.4) is 0 Å². The first-order chi connectivity index (χ1) is 8.83. The molecule has 0 radical (unpaired) electrons. The van der Waals surface area contributed by atoms with Crippen molar-refractivity contribution < 1.29 is 9.53 Å². The van der Waals surface area contributed by atoms with Crippen molar-refractivity contribution in [1.82, 2.24) is 10.2 Å². The molecule has 2 heterocycles. The summed E-state index contributed by atoms with van der Waals surface area (Å²) in [6, 6.07) is 6.05. The van der Waals surface area contributed by atoms with Crippen LogP contribution in [0.15, 0.2) is 18.2 Å². The fourth-order valence-corrected chi connectivity index (χ4v) is 2.60. The predicted octanol–water partition coefficient (Wildman–Crippen LogP) is 1.15. The first kappa shape index (κ1) is 11.7. The van der Waals surface area contributed by atoms with Gasteiger partial charge >= 0.3 is 5.97 Å². The molecule has 2 aliphatic heterocycles. The zero-order valence-electron chi connectivity index (χ0n) is 10.4. The third kappa shape index (κ3) is 2.40. The van der Waals surface area contributed by atoms with E-state index in [0.29, 0.717) is 6.61 Å². The van der Waals surface area contributed by atoms with E-state index in [1.807, 2.05) is 12.1 Å². The summed E-state index contributed by atoms with van der Waals surface area (Å²) in [5, 5.41) is 3.40. The van der Waals surface area contributed by atoms with Crippen LogP contribution in [-0.2, 0) is 17.9 Å². The van der Waals surface area contributed by atoms with Crippen LogP contribution in [-0.4, -0.2) is 37.0 Å². The molecule has 1 N–H and O–H groups in total. The lowest BCUT2D eigenvalue weighted by molar-refractivity contribution is 0.0535. The number of nitrogens with zero attached hydrogens (tertiary/aromatic N) is 1. The van der Waals surface area contributed by atoms with Crippen LogP contribution >= 0.6 is 0 Å². The molecule has 0 amide bonds. The Hall–Kier alpha value is -1.39. The second-order valence-corrected chi connectivity index (χ2v) is 4.95. The second kappa shape index (κ2) is 5.08. The smallest absolute Gasteiger partial charge is 0.338 e. The summed E-state index contributed by atoms with van der Waals surface area (Å²) in [5.74, 6) is -0.185. The Morgan fingerprint density at radius 1 is 1.28 bits per heavy atom. The van der Waals surface area contributed by atoms with Gasteiger partial charge in [0.15, 0.2) is 0 Å². The van der Waals surface area contributed by atoms with Crippen molar-refractivity contribution >= 4 is 5.97 Å². The van der Waals surface area contributed by atoms with Gasteiger partial charge in [-0.2, -0.15) is 0 Å². The van der Waals surface area contributed by atoms with Crippen LogP contribution in [0.5, 0.6) is 0 Å². The molecule has 3 rings (SSSR count). The molecule has 4 nitrogen and oxygen atoms in total. The summed E-state index contributed by atoms with van der Waals surface area (Å²) < 4.78 is 5.03. The van der Waals surface area contributed by atoms with Gasteiger partial charge in [0.2, 0.25) is 0 Å². The van der Waals surface area contributed by atoms with Gasteiger partial charge in [-0.3, -0.25) is 4.90 Å². The van der Waals surface area contributed by atoms with E-state index in [1.165, 1.54) is 12.0 Å². The molecule has 0 bridgehead atoms. The molecule has 0 unspecified atom stereocenters. The van der Waals surface area contributed by atoms with Crippen molar-refractivity contribution in [1.29, 1.82) is 0 Å². The van der Waals surface area contributed by atoms with Crippen molar-refractivity contribution in [3.05, 3.63) is 34.9 Å². The number of rotatable bonds is 2. The number of benzene rings is 1. The number of fused-ring (bicyclic) bond motifs is 1. The summed E-state index contributed by atoms with van der Waals surface area (Å²) >= 11 is 0. The monoisotopic (exact) mass is 246 g/mol. The molecule has 4 heteroatoms. The Balaban J connectivity index is 1.71. The molecular weight excluding hydrogens is 228 g/mol. The van der Waals surface area contributed by atoms with Gasteiger partial charge in [-0.15, -0.1) is 0 Å². The highest BCUT2D eigenvalue weighted by atomic mass is 16.5. The molecule has 0 spiro atoms. The van der Waals surface area contributed by atoms with Crippen LogP contribution in [0.25, 0.3) is 0 Å². The number of esters is 1. The number of hydrogen-bond acceptors (Lipinski definition) is 4. The van der Waals surface area contributed by atoms with E-state index >= 15 is 0 Å². The van der Waals surface area contributed by atoms with Gasteiger partial charge in [0.05, 0.1) is 5.56 Å². The molecule has 18 heavy (non-hydrogen) atoms. The minimum absolute atomic E-state index is 0.185. The first-order valence-corrected chi connectivity index (χ1v) is 6.55. The van der Waals surface area contributed by atoms with Crippen molar-refractivity contribution in [2.75, 3.05) is 26.2 Å². The molecule has 0 saturated carbocycles. The van der Waals surface area contributed by atoms with E-state index in [0.717, 1.165) is 43.9 Å². The Kier molecular flexibility index (Phi) is 3.30. The lowest BCUT2D eigenvalue weighted by atomic mass is 10.1. The van der Waals surface area contributed by atoms with E-state index in [2.05, 4.69) is 16.3 Å². The number of nitrogens with one attached hydrogen (secondary N) is 1. The average molecular weight is 246 g/mol. The van der Waals surface area contributed by atoms with Crippen molar-refractivity contribution in [3.8, 4) is 0 Å². The minimum atomic E-state index is -0.185. The zero-order valence-corrected chi connectivity index (χ0v) is 10.4. The third-order valence-electron chi connectivity index (χ3n) is 3.59. The normalized spacial score (nSPS) is 20.3.